The Morgan fingerprint density at radius 2 is 1.21 bits per heavy atom. The minimum Gasteiger partial charge on any atom is -1.00 e. The molecule has 33 heavy (non-hydrogen) atoms. The third-order valence-electron chi connectivity index (χ3n) is 6.22. The van der Waals surface area contributed by atoms with Crippen LogP contribution < -0.4 is 22.3 Å². The molecule has 0 unspecified atom stereocenters. The van der Waals surface area contributed by atoms with Crippen LogP contribution in [0.15, 0.2) is 42.5 Å². The van der Waals surface area contributed by atoms with Crippen molar-refractivity contribution in [1.29, 1.82) is 0 Å². The van der Waals surface area contributed by atoms with Gasteiger partial charge < -0.3 is 27.6 Å². The Morgan fingerprint density at radius 1 is 0.758 bits per heavy atom. The molecule has 1 radical (unpaired) electrons. The van der Waals surface area contributed by atoms with E-state index < -0.39 is 6.10 Å². The second-order valence-electron chi connectivity index (χ2n) is 8.62. The number of ether oxygens (including phenoxy) is 1. The maximum Gasteiger partial charge on any atom is 3.00 e. The Kier molecular flexibility index (Phi) is 14.1. The minimum absolute atomic E-state index is 0. The maximum atomic E-state index is 11.7. The third kappa shape index (κ3) is 8.69. The fourth-order valence-electron chi connectivity index (χ4n) is 3.57. The molecule has 1 atom stereocenters. The molecular weight excluding hydrogens is 519 g/mol. The van der Waals surface area contributed by atoms with Crippen LogP contribution in [0.2, 0.25) is 0 Å². The van der Waals surface area contributed by atoms with Crippen LogP contribution in [0.25, 0.3) is 16.1 Å². The van der Waals surface area contributed by atoms with E-state index in [0.29, 0.717) is 6.54 Å². The monoisotopic (exact) mass is 556 g/mol. The van der Waals surface area contributed by atoms with Crippen molar-refractivity contribution < 1.29 is 41.7 Å². The zero-order valence-electron chi connectivity index (χ0n) is 21.1. The number of nitrogens with zero attached hydrogens (tertiary/aromatic N) is 1. The van der Waals surface area contributed by atoms with Crippen LogP contribution in [0.5, 0.6) is 5.75 Å². The average molecular weight is 556 g/mol. The van der Waals surface area contributed by atoms with Crippen molar-refractivity contribution in [3.63, 3.8) is 0 Å². The number of benzene rings is 3. The van der Waals surface area contributed by atoms with Gasteiger partial charge in [-0.3, -0.25) is 0 Å². The SMILES string of the molecule is CC(C)[N-]C[C@H]([O-])COc1cccc2ccccc12.Cc1c(C)c(C)c(C)c(C)c1C.[Cl-].[Ru+3]. The largest absolute Gasteiger partial charge is 3.00 e. The summed E-state index contributed by atoms with van der Waals surface area (Å²) in [5.41, 5.74) is 8.73. The summed E-state index contributed by atoms with van der Waals surface area (Å²) in [6.45, 7) is 17.7. The van der Waals surface area contributed by atoms with Gasteiger partial charge in [-0.2, -0.15) is 6.54 Å². The third-order valence-corrected chi connectivity index (χ3v) is 6.22. The van der Waals surface area contributed by atoms with Crippen LogP contribution >= 0.6 is 0 Å². The van der Waals surface area contributed by atoms with E-state index in [0.717, 1.165) is 16.5 Å². The maximum absolute atomic E-state index is 11.7. The predicted molar refractivity (Wildman–Crippen MR) is 131 cm³/mol. The summed E-state index contributed by atoms with van der Waals surface area (Å²) in [4.78, 5) is 0. The number of hydrogen-bond acceptors (Lipinski definition) is 2. The molecule has 0 saturated heterocycles. The molecule has 3 aromatic rings. The van der Waals surface area contributed by atoms with Crippen molar-refractivity contribution in [3.8, 4) is 5.75 Å². The molecule has 0 heterocycles. The molecule has 0 bridgehead atoms. The molecule has 0 amide bonds. The first-order valence-corrected chi connectivity index (χ1v) is 11.1. The van der Waals surface area contributed by atoms with Gasteiger partial charge in [-0.05, 0) is 86.4 Å². The van der Waals surface area contributed by atoms with Crippen LogP contribution in [-0.2, 0) is 19.5 Å². The molecule has 0 aliphatic carbocycles. The van der Waals surface area contributed by atoms with E-state index >= 15 is 0 Å². The van der Waals surface area contributed by atoms with Crippen molar-refractivity contribution in [3.05, 3.63) is 81.2 Å². The van der Waals surface area contributed by atoms with Crippen LogP contribution in [0.4, 0.5) is 0 Å². The van der Waals surface area contributed by atoms with Crippen molar-refractivity contribution in [2.75, 3.05) is 13.2 Å². The average Bonchev–Trinajstić information content (AvgIpc) is 2.77. The Balaban J connectivity index is 0.000000640. The van der Waals surface area contributed by atoms with Gasteiger partial charge in [0, 0.05) is 5.39 Å². The van der Waals surface area contributed by atoms with E-state index in [1.54, 1.807) is 0 Å². The molecule has 3 aromatic carbocycles. The summed E-state index contributed by atoms with van der Waals surface area (Å²) in [5.74, 6) is 0.767. The molecule has 0 fully saturated rings. The van der Waals surface area contributed by atoms with Gasteiger partial charge in [-0.25, -0.2) is 0 Å². The second kappa shape index (κ2) is 14.7. The van der Waals surface area contributed by atoms with Crippen molar-refractivity contribution in [2.24, 2.45) is 0 Å². The van der Waals surface area contributed by atoms with Crippen LogP contribution in [0.3, 0.4) is 0 Å². The predicted octanol–water partition coefficient (Wildman–Crippen LogP) is 3.27. The summed E-state index contributed by atoms with van der Waals surface area (Å²) in [5, 5.41) is 18.1. The summed E-state index contributed by atoms with van der Waals surface area (Å²) in [7, 11) is 0. The molecule has 0 aliphatic rings. The Labute approximate surface area is 219 Å². The standard InChI is InChI=1S/C16H19NO2.C12H18.ClH.Ru/c1-12(2)17-10-14(18)11-19-16-9-5-7-13-6-3-4-8-15(13)16;1-7-8(2)10(4)12(6)11(5)9(7)3;;/h3-9,12,14H,10-11H2,1-2H3;1-6H3;1H;/q-2;;;+3/p-1/t14-;;;/m0.../s1. The van der Waals surface area contributed by atoms with Gasteiger partial charge in [0.25, 0.3) is 0 Å². The Bertz CT molecular complexity index is 910. The minimum atomic E-state index is -0.804. The first-order valence-electron chi connectivity index (χ1n) is 11.1. The number of fused-ring (bicyclic) bond motifs is 1. The van der Waals surface area contributed by atoms with Gasteiger partial charge in [0.2, 0.25) is 0 Å². The zero-order valence-corrected chi connectivity index (χ0v) is 23.6. The molecule has 0 saturated carbocycles. The first-order chi connectivity index (χ1) is 14.6. The van der Waals surface area contributed by atoms with Crippen molar-refractivity contribution in [2.45, 2.75) is 67.5 Å². The van der Waals surface area contributed by atoms with Gasteiger partial charge >= 0.3 is 19.5 Å². The fraction of sp³-hybridized carbons (Fsp3) is 0.429. The van der Waals surface area contributed by atoms with Crippen molar-refractivity contribution >= 4 is 10.8 Å². The van der Waals surface area contributed by atoms with Gasteiger partial charge in [-0.1, -0.05) is 50.2 Å². The van der Waals surface area contributed by atoms with Crippen LogP contribution in [0, 0.1) is 41.5 Å². The molecule has 181 valence electrons. The summed E-state index contributed by atoms with van der Waals surface area (Å²) >= 11 is 0. The van der Waals surface area contributed by atoms with Gasteiger partial charge in [-0.15, -0.1) is 12.1 Å². The Hall–Kier alpha value is -1.45. The van der Waals surface area contributed by atoms with E-state index in [-0.39, 0.29) is 44.5 Å². The van der Waals surface area contributed by atoms with Gasteiger partial charge in [0.05, 0.1) is 6.61 Å². The normalized spacial score (nSPS) is 11.2. The molecule has 3 rings (SSSR count). The first kappa shape index (κ1) is 31.6. The molecule has 0 N–H and O–H groups in total. The number of halogens is 1. The fourth-order valence-corrected chi connectivity index (χ4v) is 3.57. The molecule has 5 heteroatoms. The summed E-state index contributed by atoms with van der Waals surface area (Å²) < 4.78 is 5.64. The second-order valence-corrected chi connectivity index (χ2v) is 8.62. The van der Waals surface area contributed by atoms with E-state index in [2.05, 4.69) is 46.9 Å². The molecule has 0 aliphatic heterocycles. The smallest absolute Gasteiger partial charge is 1.00 e. The van der Waals surface area contributed by atoms with Crippen LogP contribution in [0.1, 0.15) is 47.2 Å². The van der Waals surface area contributed by atoms with Gasteiger partial charge in [0.15, 0.2) is 0 Å². The molecule has 0 aromatic heterocycles. The zero-order chi connectivity index (χ0) is 23.1. The number of rotatable bonds is 6. The molecular formula is C28H37ClNO2Ru. The summed E-state index contributed by atoms with van der Waals surface area (Å²) in [6, 6.07) is 14.1. The molecule has 3 nitrogen and oxygen atoms in total. The quantitative estimate of drug-likeness (QED) is 0.438. The van der Waals surface area contributed by atoms with E-state index in [1.807, 2.05) is 56.3 Å². The van der Waals surface area contributed by atoms with E-state index in [9.17, 15) is 5.11 Å². The van der Waals surface area contributed by atoms with E-state index in [1.165, 1.54) is 33.4 Å². The molecule has 0 spiro atoms. The van der Waals surface area contributed by atoms with Gasteiger partial charge in [0.1, 0.15) is 5.75 Å². The van der Waals surface area contributed by atoms with Crippen molar-refractivity contribution in [1.82, 2.24) is 0 Å². The summed E-state index contributed by atoms with van der Waals surface area (Å²) in [6.07, 6.45) is -0.804. The van der Waals surface area contributed by atoms with Crippen LogP contribution in [-0.4, -0.2) is 25.3 Å². The topological polar surface area (TPSA) is 46.4 Å². The van der Waals surface area contributed by atoms with E-state index in [4.69, 9.17) is 4.74 Å². The number of hydrogen-bond donors (Lipinski definition) is 0. The Morgan fingerprint density at radius 3 is 1.70 bits per heavy atom.